The third-order valence-electron chi connectivity index (χ3n) is 6.98. The lowest BCUT2D eigenvalue weighted by molar-refractivity contribution is 0.0740. The molecule has 0 saturated carbocycles. The molecule has 0 spiro atoms. The number of nitrogens with one attached hydrogen (secondary N) is 1. The molecule has 1 unspecified atom stereocenters. The van der Waals surface area contributed by atoms with Gasteiger partial charge in [-0.05, 0) is 60.7 Å². The number of H-pyrrole nitrogens is 1. The molecule has 2 N–H and O–H groups in total. The standard InChI is InChI=1S/C31H33N3O3/c1-4-5-9-15-34-30(23-13-10-14-24(18-23)37-19-22-11-7-6-8-12-22)27-28(32-33-29(27)31(34)36)26-21(3)16-20(2)17-25(26)35/h6-8,10-14,16-18,30,35H,4-5,9,15,19H2,1-3H3,(H,32,33). The van der Waals surface area contributed by atoms with Crippen molar-refractivity contribution in [2.75, 3.05) is 6.54 Å². The summed E-state index contributed by atoms with van der Waals surface area (Å²) in [6.07, 6.45) is 3.04. The van der Waals surface area contributed by atoms with E-state index < -0.39 is 0 Å². The number of aromatic hydroxyl groups is 1. The van der Waals surface area contributed by atoms with E-state index in [0.29, 0.717) is 30.1 Å². The zero-order chi connectivity index (χ0) is 25.9. The molecule has 6 heteroatoms. The van der Waals surface area contributed by atoms with Gasteiger partial charge in [0.05, 0.1) is 6.04 Å². The summed E-state index contributed by atoms with van der Waals surface area (Å²) in [5, 5.41) is 18.4. The van der Waals surface area contributed by atoms with Crippen LogP contribution in [0.2, 0.25) is 0 Å². The van der Waals surface area contributed by atoms with Gasteiger partial charge in [0.1, 0.15) is 29.5 Å². The molecule has 1 aliphatic heterocycles. The van der Waals surface area contributed by atoms with Gasteiger partial charge in [-0.1, -0.05) is 68.3 Å². The number of rotatable bonds is 9. The number of amides is 1. The summed E-state index contributed by atoms with van der Waals surface area (Å²) in [4.78, 5) is 15.5. The highest BCUT2D eigenvalue weighted by atomic mass is 16.5. The third-order valence-corrected chi connectivity index (χ3v) is 6.98. The number of aromatic amines is 1. The van der Waals surface area contributed by atoms with Gasteiger partial charge >= 0.3 is 0 Å². The smallest absolute Gasteiger partial charge is 0.273 e. The fraction of sp³-hybridized carbons (Fsp3) is 0.290. The highest BCUT2D eigenvalue weighted by Gasteiger charge is 2.42. The third kappa shape index (κ3) is 4.84. The van der Waals surface area contributed by atoms with Gasteiger partial charge in [0.25, 0.3) is 5.91 Å². The van der Waals surface area contributed by atoms with E-state index in [1.807, 2.05) is 79.4 Å². The number of benzene rings is 3. The molecule has 6 nitrogen and oxygen atoms in total. The van der Waals surface area contributed by atoms with Crippen molar-refractivity contribution in [2.45, 2.75) is 52.7 Å². The van der Waals surface area contributed by atoms with Crippen LogP contribution in [0.4, 0.5) is 0 Å². The van der Waals surface area contributed by atoms with Crippen LogP contribution in [0.25, 0.3) is 11.3 Å². The van der Waals surface area contributed by atoms with E-state index >= 15 is 0 Å². The maximum Gasteiger partial charge on any atom is 0.273 e. The maximum absolute atomic E-state index is 13.6. The molecule has 37 heavy (non-hydrogen) atoms. The Hall–Kier alpha value is -4.06. The van der Waals surface area contributed by atoms with Crippen LogP contribution < -0.4 is 4.74 Å². The SMILES string of the molecule is CCCCCN1C(=O)c2[nH]nc(-c3c(C)cc(C)cc3O)c2C1c1cccc(OCc2ccccc2)c1. The van der Waals surface area contributed by atoms with Gasteiger partial charge in [-0.25, -0.2) is 0 Å². The highest BCUT2D eigenvalue weighted by Crippen LogP contribution is 2.46. The van der Waals surface area contributed by atoms with Crippen molar-refractivity contribution in [2.24, 2.45) is 0 Å². The number of carbonyl (C=O) groups is 1. The van der Waals surface area contributed by atoms with Crippen molar-refractivity contribution in [1.29, 1.82) is 0 Å². The number of phenolic OH excluding ortho intramolecular Hbond substituents is 1. The monoisotopic (exact) mass is 495 g/mol. The van der Waals surface area contributed by atoms with Crippen LogP contribution in [0, 0.1) is 13.8 Å². The number of hydrogen-bond donors (Lipinski definition) is 2. The molecule has 0 bridgehead atoms. The Labute approximate surface area is 217 Å². The van der Waals surface area contributed by atoms with Gasteiger partial charge in [-0.2, -0.15) is 5.10 Å². The van der Waals surface area contributed by atoms with Gasteiger partial charge in [-0.15, -0.1) is 0 Å². The predicted octanol–water partition coefficient (Wildman–Crippen LogP) is 6.71. The largest absolute Gasteiger partial charge is 0.507 e. The number of ether oxygens (including phenoxy) is 1. The summed E-state index contributed by atoms with van der Waals surface area (Å²) >= 11 is 0. The lowest BCUT2D eigenvalue weighted by Crippen LogP contribution is -2.30. The number of carbonyl (C=O) groups excluding carboxylic acids is 1. The quantitative estimate of drug-likeness (QED) is 0.253. The summed E-state index contributed by atoms with van der Waals surface area (Å²) < 4.78 is 6.12. The zero-order valence-corrected chi connectivity index (χ0v) is 21.6. The first kappa shape index (κ1) is 24.6. The molecular weight excluding hydrogens is 462 g/mol. The Bertz CT molecular complexity index is 1390. The Kier molecular flexibility index (Phi) is 6.99. The van der Waals surface area contributed by atoms with Crippen LogP contribution in [0.15, 0.2) is 66.7 Å². The van der Waals surface area contributed by atoms with Gasteiger partial charge in [0.15, 0.2) is 0 Å². The van der Waals surface area contributed by atoms with Crippen LogP contribution in [0.1, 0.15) is 70.5 Å². The molecule has 190 valence electrons. The molecule has 4 aromatic rings. The summed E-state index contributed by atoms with van der Waals surface area (Å²) in [5.41, 5.74) is 6.53. The summed E-state index contributed by atoms with van der Waals surface area (Å²) in [6, 6.07) is 21.5. The molecule has 1 aliphatic rings. The molecule has 1 atom stereocenters. The Morgan fingerprint density at radius 3 is 2.59 bits per heavy atom. The van der Waals surface area contributed by atoms with Crippen molar-refractivity contribution >= 4 is 5.91 Å². The first-order chi connectivity index (χ1) is 18.0. The minimum Gasteiger partial charge on any atom is -0.507 e. The second-order valence-electron chi connectivity index (χ2n) is 9.79. The van der Waals surface area contributed by atoms with Crippen molar-refractivity contribution in [1.82, 2.24) is 15.1 Å². The van der Waals surface area contributed by atoms with E-state index in [-0.39, 0.29) is 17.7 Å². The number of fused-ring (bicyclic) bond motifs is 1. The Morgan fingerprint density at radius 2 is 1.84 bits per heavy atom. The van der Waals surface area contributed by atoms with E-state index in [1.54, 1.807) is 6.07 Å². The summed E-state index contributed by atoms with van der Waals surface area (Å²) in [6.45, 7) is 7.19. The van der Waals surface area contributed by atoms with Crippen LogP contribution in [0.5, 0.6) is 11.5 Å². The van der Waals surface area contributed by atoms with Crippen LogP contribution >= 0.6 is 0 Å². The zero-order valence-electron chi connectivity index (χ0n) is 21.6. The highest BCUT2D eigenvalue weighted by molar-refractivity contribution is 6.00. The second-order valence-corrected chi connectivity index (χ2v) is 9.79. The molecule has 0 saturated heterocycles. The van der Waals surface area contributed by atoms with E-state index in [0.717, 1.165) is 52.8 Å². The molecular formula is C31H33N3O3. The molecule has 0 fully saturated rings. The van der Waals surface area contributed by atoms with Crippen LogP contribution in [-0.2, 0) is 6.61 Å². The maximum atomic E-state index is 13.6. The minimum absolute atomic E-state index is 0.0604. The Balaban J connectivity index is 1.56. The van der Waals surface area contributed by atoms with Crippen LogP contribution in [0.3, 0.4) is 0 Å². The summed E-state index contributed by atoms with van der Waals surface area (Å²) in [5.74, 6) is 0.854. The fourth-order valence-corrected chi connectivity index (χ4v) is 5.27. The van der Waals surface area contributed by atoms with Crippen LogP contribution in [-0.4, -0.2) is 32.7 Å². The first-order valence-electron chi connectivity index (χ1n) is 12.9. The molecule has 1 amide bonds. The average molecular weight is 496 g/mol. The summed E-state index contributed by atoms with van der Waals surface area (Å²) in [7, 11) is 0. The molecule has 5 rings (SSSR count). The van der Waals surface area contributed by atoms with Crippen molar-refractivity contribution < 1.29 is 14.6 Å². The van der Waals surface area contributed by atoms with Gasteiger partial charge in [0, 0.05) is 17.7 Å². The number of aromatic nitrogens is 2. The number of aryl methyl sites for hydroxylation is 2. The lowest BCUT2D eigenvalue weighted by Gasteiger charge is -2.27. The molecule has 1 aromatic heterocycles. The Morgan fingerprint density at radius 1 is 1.03 bits per heavy atom. The number of unbranched alkanes of at least 4 members (excludes halogenated alkanes) is 2. The van der Waals surface area contributed by atoms with Gasteiger partial charge in [0.2, 0.25) is 0 Å². The topological polar surface area (TPSA) is 78.5 Å². The van der Waals surface area contributed by atoms with Gasteiger partial charge in [-0.3, -0.25) is 9.89 Å². The van der Waals surface area contributed by atoms with Crippen molar-refractivity contribution in [3.63, 3.8) is 0 Å². The predicted molar refractivity (Wildman–Crippen MR) is 145 cm³/mol. The van der Waals surface area contributed by atoms with E-state index in [4.69, 9.17) is 4.74 Å². The second kappa shape index (κ2) is 10.5. The molecule has 2 heterocycles. The fourth-order valence-electron chi connectivity index (χ4n) is 5.27. The number of nitrogens with zero attached hydrogens (tertiary/aromatic N) is 2. The van der Waals surface area contributed by atoms with Crippen molar-refractivity contribution in [3.8, 4) is 22.8 Å². The number of hydrogen-bond acceptors (Lipinski definition) is 4. The van der Waals surface area contributed by atoms with Gasteiger partial charge < -0.3 is 14.7 Å². The minimum atomic E-state index is -0.325. The van der Waals surface area contributed by atoms with E-state index in [1.165, 1.54) is 0 Å². The molecule has 0 radical (unpaired) electrons. The number of phenols is 1. The molecule has 0 aliphatic carbocycles. The average Bonchev–Trinajstić information content (AvgIpc) is 3.42. The first-order valence-corrected chi connectivity index (χ1v) is 12.9. The normalized spacial score (nSPS) is 14.7. The lowest BCUT2D eigenvalue weighted by atomic mass is 9.93. The van der Waals surface area contributed by atoms with Crippen molar-refractivity contribution in [3.05, 3.63) is 100 Å². The molecule has 3 aromatic carbocycles. The van der Waals surface area contributed by atoms with E-state index in [2.05, 4.69) is 17.1 Å². The van der Waals surface area contributed by atoms with E-state index in [9.17, 15) is 9.90 Å².